The van der Waals surface area contributed by atoms with Crippen molar-refractivity contribution in [2.75, 3.05) is 5.32 Å². The van der Waals surface area contributed by atoms with E-state index in [0.29, 0.717) is 16.8 Å². The number of carbonyl (C=O) groups is 1. The molecule has 4 aromatic heterocycles. The Bertz CT molecular complexity index is 1350. The number of hydrogen-bond donors (Lipinski definition) is 1. The lowest BCUT2D eigenvalue weighted by molar-refractivity contribution is -0.111. The minimum Gasteiger partial charge on any atom is -0.486 e. The molecule has 4 aromatic rings. The van der Waals surface area contributed by atoms with E-state index in [0.717, 1.165) is 17.2 Å². The van der Waals surface area contributed by atoms with Gasteiger partial charge in [0.25, 0.3) is 0 Å². The highest BCUT2D eigenvalue weighted by atomic mass is 19.1. The number of halogens is 1. The molecule has 0 saturated carbocycles. The number of rotatable bonds is 6. The predicted octanol–water partition coefficient (Wildman–Crippen LogP) is 2.84. The third-order valence-corrected chi connectivity index (χ3v) is 4.51. The average molecular weight is 417 g/mol. The summed E-state index contributed by atoms with van der Waals surface area (Å²) in [6.45, 7) is 3.17. The Labute approximate surface area is 176 Å². The fraction of sp³-hybridized carbons (Fsp3) is 0.0952. The van der Waals surface area contributed by atoms with Gasteiger partial charge in [-0.2, -0.15) is 15.5 Å². The van der Waals surface area contributed by atoms with Crippen LogP contribution < -0.4 is 10.1 Å². The molecular weight excluding hydrogens is 401 g/mol. The molecule has 0 fully saturated rings. The van der Waals surface area contributed by atoms with Gasteiger partial charge in [0.2, 0.25) is 5.91 Å². The Hall–Kier alpha value is -4.52. The second-order valence-corrected chi connectivity index (χ2v) is 6.57. The van der Waals surface area contributed by atoms with Crippen molar-refractivity contribution in [2.24, 2.45) is 7.05 Å². The monoisotopic (exact) mass is 417 g/mol. The smallest absolute Gasteiger partial charge is 0.248 e. The summed E-state index contributed by atoms with van der Waals surface area (Å²) in [5, 5.41) is 20.1. The summed E-state index contributed by atoms with van der Waals surface area (Å²) in [5.74, 6) is -1.16. The molecule has 0 atom stereocenters. The SMILES string of the molecule is C=CC(=O)Nc1nccc(COc2cc(-c3cnn(C)c3)cn3ncc(C#N)c23)c1F. The summed E-state index contributed by atoms with van der Waals surface area (Å²) < 4.78 is 23.8. The second kappa shape index (κ2) is 8.08. The first-order chi connectivity index (χ1) is 15.0. The van der Waals surface area contributed by atoms with E-state index in [-0.39, 0.29) is 18.0 Å². The van der Waals surface area contributed by atoms with Gasteiger partial charge in [-0.3, -0.25) is 9.48 Å². The van der Waals surface area contributed by atoms with Crippen LogP contribution in [0.5, 0.6) is 5.75 Å². The third kappa shape index (κ3) is 3.84. The molecule has 154 valence electrons. The standard InChI is InChI=1S/C21H16FN7O2/c1-3-18(30)27-21-19(22)13(4-5-24-21)12-31-17-6-14(16-9-25-28(2)10-16)11-29-20(17)15(7-23)8-26-29/h3-6,8-11H,1,12H2,2H3,(H,24,27,30). The molecule has 0 unspecified atom stereocenters. The van der Waals surface area contributed by atoms with Gasteiger partial charge in [0.15, 0.2) is 11.6 Å². The lowest BCUT2D eigenvalue weighted by Crippen LogP contribution is -2.12. The van der Waals surface area contributed by atoms with Crippen molar-refractivity contribution in [3.63, 3.8) is 0 Å². The predicted molar refractivity (Wildman–Crippen MR) is 109 cm³/mol. The van der Waals surface area contributed by atoms with Gasteiger partial charge in [-0.1, -0.05) is 6.58 Å². The summed E-state index contributed by atoms with van der Waals surface area (Å²) in [6.07, 6.45) is 9.10. The Balaban J connectivity index is 1.70. The lowest BCUT2D eigenvalue weighted by atomic mass is 10.1. The maximum atomic E-state index is 14.7. The highest BCUT2D eigenvalue weighted by Gasteiger charge is 2.16. The number of aryl methyl sites for hydroxylation is 1. The van der Waals surface area contributed by atoms with Crippen LogP contribution in [0.3, 0.4) is 0 Å². The molecule has 4 rings (SSSR count). The number of carbonyl (C=O) groups excluding carboxylic acids is 1. The van der Waals surface area contributed by atoms with Crippen LogP contribution in [0, 0.1) is 17.1 Å². The Morgan fingerprint density at radius 1 is 1.35 bits per heavy atom. The van der Waals surface area contributed by atoms with Gasteiger partial charge in [-0.25, -0.2) is 13.9 Å². The molecule has 31 heavy (non-hydrogen) atoms. The molecule has 1 amide bonds. The molecule has 10 heteroatoms. The number of anilines is 1. The van der Waals surface area contributed by atoms with Crippen molar-refractivity contribution >= 4 is 17.2 Å². The number of amides is 1. The van der Waals surface area contributed by atoms with Gasteiger partial charge >= 0.3 is 0 Å². The Kier molecular flexibility index (Phi) is 5.15. The number of nitrogens with one attached hydrogen (secondary N) is 1. The van der Waals surface area contributed by atoms with Crippen LogP contribution in [0.2, 0.25) is 0 Å². The minimum atomic E-state index is -0.717. The van der Waals surface area contributed by atoms with Crippen LogP contribution in [0.15, 0.2) is 55.8 Å². The van der Waals surface area contributed by atoms with Gasteiger partial charge in [-0.15, -0.1) is 0 Å². The normalized spacial score (nSPS) is 10.6. The zero-order valence-corrected chi connectivity index (χ0v) is 16.4. The molecule has 0 aliphatic heterocycles. The maximum Gasteiger partial charge on any atom is 0.248 e. The van der Waals surface area contributed by atoms with E-state index < -0.39 is 11.7 Å². The summed E-state index contributed by atoms with van der Waals surface area (Å²) in [7, 11) is 1.80. The number of pyridine rings is 2. The zero-order chi connectivity index (χ0) is 22.0. The van der Waals surface area contributed by atoms with Crippen molar-refractivity contribution in [1.29, 1.82) is 5.26 Å². The molecule has 4 heterocycles. The molecular formula is C21H16FN7O2. The Morgan fingerprint density at radius 2 is 2.19 bits per heavy atom. The van der Waals surface area contributed by atoms with Crippen molar-refractivity contribution in [1.82, 2.24) is 24.4 Å². The molecule has 0 saturated heterocycles. The third-order valence-electron chi connectivity index (χ3n) is 4.51. The average Bonchev–Trinajstić information content (AvgIpc) is 3.39. The van der Waals surface area contributed by atoms with Crippen LogP contribution in [0.1, 0.15) is 11.1 Å². The first kappa shape index (κ1) is 19.8. The molecule has 0 spiro atoms. The van der Waals surface area contributed by atoms with Gasteiger partial charge in [0.05, 0.1) is 12.4 Å². The largest absolute Gasteiger partial charge is 0.486 e. The van der Waals surface area contributed by atoms with E-state index in [4.69, 9.17) is 4.74 Å². The maximum absolute atomic E-state index is 14.7. The van der Waals surface area contributed by atoms with Crippen LogP contribution in [0.25, 0.3) is 16.6 Å². The number of hydrogen-bond acceptors (Lipinski definition) is 6. The van der Waals surface area contributed by atoms with Crippen molar-refractivity contribution in [2.45, 2.75) is 6.61 Å². The Morgan fingerprint density at radius 3 is 2.90 bits per heavy atom. The number of aromatic nitrogens is 5. The van der Waals surface area contributed by atoms with Crippen molar-refractivity contribution in [3.8, 4) is 22.9 Å². The van der Waals surface area contributed by atoms with Crippen LogP contribution in [0.4, 0.5) is 10.2 Å². The highest BCUT2D eigenvalue weighted by molar-refractivity contribution is 5.98. The van der Waals surface area contributed by atoms with Crippen LogP contribution in [-0.2, 0) is 18.4 Å². The minimum absolute atomic E-state index is 0.159. The molecule has 1 N–H and O–H groups in total. The highest BCUT2D eigenvalue weighted by Crippen LogP contribution is 2.30. The topological polar surface area (TPSA) is 110 Å². The molecule has 0 aromatic carbocycles. The summed E-state index contributed by atoms with van der Waals surface area (Å²) in [5.41, 5.74) is 2.55. The summed E-state index contributed by atoms with van der Waals surface area (Å²) in [4.78, 5) is 15.3. The van der Waals surface area contributed by atoms with Gasteiger partial charge in [0.1, 0.15) is 29.5 Å². The van der Waals surface area contributed by atoms with Crippen LogP contribution >= 0.6 is 0 Å². The van der Waals surface area contributed by atoms with Gasteiger partial charge in [0, 0.05) is 42.3 Å². The van der Waals surface area contributed by atoms with E-state index in [1.165, 1.54) is 23.0 Å². The van der Waals surface area contributed by atoms with Gasteiger partial charge in [-0.05, 0) is 18.2 Å². The first-order valence-electron chi connectivity index (χ1n) is 9.10. The number of nitrogens with zero attached hydrogens (tertiary/aromatic N) is 6. The van der Waals surface area contributed by atoms with Gasteiger partial charge < -0.3 is 10.1 Å². The fourth-order valence-corrected chi connectivity index (χ4v) is 3.01. The second-order valence-electron chi connectivity index (χ2n) is 6.57. The summed E-state index contributed by atoms with van der Waals surface area (Å²) in [6, 6.07) is 5.27. The summed E-state index contributed by atoms with van der Waals surface area (Å²) >= 11 is 0. The molecule has 0 bridgehead atoms. The molecule has 0 aliphatic carbocycles. The number of ether oxygens (including phenoxy) is 1. The molecule has 9 nitrogen and oxygen atoms in total. The first-order valence-corrected chi connectivity index (χ1v) is 9.10. The van der Waals surface area contributed by atoms with E-state index in [2.05, 4.69) is 33.1 Å². The van der Waals surface area contributed by atoms with Crippen LogP contribution in [-0.4, -0.2) is 30.3 Å². The van der Waals surface area contributed by atoms with E-state index in [9.17, 15) is 14.4 Å². The lowest BCUT2D eigenvalue weighted by Gasteiger charge is -2.12. The number of nitriles is 1. The van der Waals surface area contributed by atoms with Crippen molar-refractivity contribution < 1.29 is 13.9 Å². The van der Waals surface area contributed by atoms with Crippen molar-refractivity contribution in [3.05, 3.63) is 72.7 Å². The zero-order valence-electron chi connectivity index (χ0n) is 16.4. The molecule has 0 radical (unpaired) electrons. The van der Waals surface area contributed by atoms with E-state index >= 15 is 0 Å². The van der Waals surface area contributed by atoms with E-state index in [1.54, 1.807) is 30.2 Å². The fourth-order valence-electron chi connectivity index (χ4n) is 3.01. The van der Waals surface area contributed by atoms with E-state index in [1.807, 2.05) is 6.20 Å². The molecule has 0 aliphatic rings. The quantitative estimate of drug-likeness (QED) is 0.483. The number of fused-ring (bicyclic) bond motifs is 1.